The molecule has 2 N–H and O–H groups in total. The molecule has 21 heavy (non-hydrogen) atoms. The number of fused-ring (bicyclic) bond motifs is 2. The maximum absolute atomic E-state index is 13.3. The van der Waals surface area contributed by atoms with Gasteiger partial charge in [-0.15, -0.1) is 0 Å². The first kappa shape index (κ1) is 14.3. The summed E-state index contributed by atoms with van der Waals surface area (Å²) in [5.74, 6) is -0.688. The highest BCUT2D eigenvalue weighted by atomic mass is 19.1. The Labute approximate surface area is 123 Å². The molecule has 2 bridgehead atoms. The SMILES string of the molecule is O=C(O)CC1CC2CCC(C1)N2Cc1cc(F)ccc1O. The van der Waals surface area contributed by atoms with Gasteiger partial charge in [-0.3, -0.25) is 9.69 Å². The van der Waals surface area contributed by atoms with Crippen LogP contribution in [0, 0.1) is 11.7 Å². The first-order chi connectivity index (χ1) is 10.0. The fourth-order valence-electron chi connectivity index (χ4n) is 3.94. The van der Waals surface area contributed by atoms with Crippen molar-refractivity contribution in [2.45, 2.75) is 50.7 Å². The topological polar surface area (TPSA) is 60.8 Å². The second-order valence-electron chi connectivity index (χ2n) is 6.27. The molecule has 0 aliphatic carbocycles. The average Bonchev–Trinajstić information content (AvgIpc) is 2.65. The Morgan fingerprint density at radius 3 is 2.57 bits per heavy atom. The quantitative estimate of drug-likeness (QED) is 0.896. The zero-order valence-electron chi connectivity index (χ0n) is 11.8. The van der Waals surface area contributed by atoms with Crippen molar-refractivity contribution in [3.05, 3.63) is 29.6 Å². The second-order valence-corrected chi connectivity index (χ2v) is 6.27. The lowest BCUT2D eigenvalue weighted by atomic mass is 9.88. The van der Waals surface area contributed by atoms with Crippen LogP contribution in [-0.4, -0.2) is 33.2 Å². The molecule has 0 saturated carbocycles. The summed E-state index contributed by atoms with van der Waals surface area (Å²) in [5.41, 5.74) is 0.614. The third-order valence-corrected chi connectivity index (χ3v) is 4.84. The zero-order valence-corrected chi connectivity index (χ0v) is 11.8. The Hall–Kier alpha value is -1.62. The molecular weight excluding hydrogens is 273 g/mol. The van der Waals surface area contributed by atoms with Crippen molar-refractivity contribution in [3.8, 4) is 5.75 Å². The third-order valence-electron chi connectivity index (χ3n) is 4.84. The van der Waals surface area contributed by atoms with Gasteiger partial charge < -0.3 is 10.2 Å². The maximum Gasteiger partial charge on any atom is 0.303 e. The molecule has 114 valence electrons. The van der Waals surface area contributed by atoms with E-state index in [1.165, 1.54) is 18.2 Å². The number of carbonyl (C=O) groups is 1. The fourth-order valence-corrected chi connectivity index (χ4v) is 3.94. The van der Waals surface area contributed by atoms with E-state index in [1.807, 2.05) is 0 Å². The van der Waals surface area contributed by atoms with Crippen molar-refractivity contribution in [2.24, 2.45) is 5.92 Å². The van der Waals surface area contributed by atoms with Gasteiger partial charge >= 0.3 is 5.97 Å². The van der Waals surface area contributed by atoms with Crippen LogP contribution in [0.4, 0.5) is 4.39 Å². The summed E-state index contributed by atoms with van der Waals surface area (Å²) < 4.78 is 13.3. The molecule has 4 nitrogen and oxygen atoms in total. The lowest BCUT2D eigenvalue weighted by Gasteiger charge is -2.38. The molecule has 2 aliphatic rings. The van der Waals surface area contributed by atoms with Crippen molar-refractivity contribution >= 4 is 5.97 Å². The molecule has 3 rings (SSSR count). The number of phenols is 1. The van der Waals surface area contributed by atoms with Crippen molar-refractivity contribution < 1.29 is 19.4 Å². The molecule has 2 saturated heterocycles. The first-order valence-electron chi connectivity index (χ1n) is 7.48. The lowest BCUT2D eigenvalue weighted by Crippen LogP contribution is -2.42. The highest BCUT2D eigenvalue weighted by Crippen LogP contribution is 2.41. The largest absolute Gasteiger partial charge is 0.508 e. The van der Waals surface area contributed by atoms with Crippen molar-refractivity contribution in [2.75, 3.05) is 0 Å². The minimum atomic E-state index is -0.726. The Balaban J connectivity index is 1.71. The summed E-state index contributed by atoms with van der Waals surface area (Å²) in [7, 11) is 0. The molecule has 5 heteroatoms. The summed E-state index contributed by atoms with van der Waals surface area (Å²) in [6.07, 6.45) is 4.15. The van der Waals surface area contributed by atoms with Gasteiger partial charge in [-0.05, 0) is 49.8 Å². The normalized spacial score (nSPS) is 28.7. The van der Waals surface area contributed by atoms with E-state index < -0.39 is 5.97 Å². The van der Waals surface area contributed by atoms with Crippen LogP contribution in [0.15, 0.2) is 18.2 Å². The van der Waals surface area contributed by atoms with Crippen LogP contribution >= 0.6 is 0 Å². The van der Waals surface area contributed by atoms with Crippen LogP contribution in [0.1, 0.15) is 37.7 Å². The van der Waals surface area contributed by atoms with E-state index in [1.54, 1.807) is 0 Å². The van der Waals surface area contributed by atoms with Gasteiger partial charge in [-0.2, -0.15) is 0 Å². The van der Waals surface area contributed by atoms with Crippen LogP contribution in [0.2, 0.25) is 0 Å². The molecule has 2 fully saturated rings. The molecule has 1 aromatic carbocycles. The number of carboxylic acids is 1. The lowest BCUT2D eigenvalue weighted by molar-refractivity contribution is -0.138. The second kappa shape index (κ2) is 5.64. The fraction of sp³-hybridized carbons (Fsp3) is 0.562. The van der Waals surface area contributed by atoms with Crippen LogP contribution < -0.4 is 0 Å². The number of hydrogen-bond acceptors (Lipinski definition) is 3. The Morgan fingerprint density at radius 2 is 1.95 bits per heavy atom. The predicted octanol–water partition coefficient (Wildman–Crippen LogP) is 2.75. The molecule has 2 unspecified atom stereocenters. The van der Waals surface area contributed by atoms with E-state index in [0.29, 0.717) is 24.2 Å². The summed E-state index contributed by atoms with van der Waals surface area (Å²) in [5, 5.41) is 18.8. The third kappa shape index (κ3) is 3.02. The standard InChI is InChI=1S/C16H20FNO3/c17-12-1-4-15(19)11(8-12)9-18-13-2-3-14(18)6-10(5-13)7-16(20)21/h1,4,8,10,13-14,19H,2-3,5-7,9H2,(H,20,21). The van der Waals surface area contributed by atoms with E-state index in [-0.39, 0.29) is 23.9 Å². The smallest absolute Gasteiger partial charge is 0.303 e. The molecule has 1 aromatic rings. The van der Waals surface area contributed by atoms with E-state index in [9.17, 15) is 14.3 Å². The van der Waals surface area contributed by atoms with E-state index >= 15 is 0 Å². The predicted molar refractivity (Wildman–Crippen MR) is 75.4 cm³/mol. The van der Waals surface area contributed by atoms with Crippen LogP contribution in [0.25, 0.3) is 0 Å². The van der Waals surface area contributed by atoms with Crippen LogP contribution in [0.3, 0.4) is 0 Å². The number of aliphatic carboxylic acids is 1. The number of hydrogen-bond donors (Lipinski definition) is 2. The molecular formula is C16H20FNO3. The number of piperidine rings is 1. The van der Waals surface area contributed by atoms with Gasteiger partial charge in [0, 0.05) is 30.6 Å². The van der Waals surface area contributed by atoms with E-state index in [4.69, 9.17) is 5.11 Å². The number of carboxylic acid groups (broad SMARTS) is 1. The molecule has 0 radical (unpaired) electrons. The summed E-state index contributed by atoms with van der Waals surface area (Å²) in [6.45, 7) is 0.540. The monoisotopic (exact) mass is 293 g/mol. The van der Waals surface area contributed by atoms with Gasteiger partial charge in [0.15, 0.2) is 0 Å². The highest BCUT2D eigenvalue weighted by molar-refractivity contribution is 5.67. The van der Waals surface area contributed by atoms with Crippen molar-refractivity contribution in [1.29, 1.82) is 0 Å². The summed E-state index contributed by atoms with van der Waals surface area (Å²) >= 11 is 0. The molecule has 2 atom stereocenters. The van der Waals surface area contributed by atoms with Crippen LogP contribution in [0.5, 0.6) is 5.75 Å². The van der Waals surface area contributed by atoms with E-state index in [0.717, 1.165) is 25.7 Å². The van der Waals surface area contributed by atoms with Crippen molar-refractivity contribution in [3.63, 3.8) is 0 Å². The first-order valence-corrected chi connectivity index (χ1v) is 7.48. The molecule has 0 spiro atoms. The highest BCUT2D eigenvalue weighted by Gasteiger charge is 2.41. The number of phenolic OH excluding ortho intramolecular Hbond substituents is 1. The Morgan fingerprint density at radius 1 is 1.29 bits per heavy atom. The summed E-state index contributed by atoms with van der Waals surface area (Å²) in [6, 6.07) is 4.75. The molecule has 0 aromatic heterocycles. The van der Waals surface area contributed by atoms with Gasteiger partial charge in [-0.25, -0.2) is 4.39 Å². The molecule has 0 amide bonds. The minimum Gasteiger partial charge on any atom is -0.508 e. The van der Waals surface area contributed by atoms with Gasteiger partial charge in [0.25, 0.3) is 0 Å². The van der Waals surface area contributed by atoms with E-state index in [2.05, 4.69) is 4.90 Å². The van der Waals surface area contributed by atoms with Gasteiger partial charge in [0.05, 0.1) is 0 Å². The number of aromatic hydroxyl groups is 1. The van der Waals surface area contributed by atoms with Crippen molar-refractivity contribution in [1.82, 2.24) is 4.90 Å². The van der Waals surface area contributed by atoms with Gasteiger partial charge in [0.1, 0.15) is 11.6 Å². The molecule has 2 aliphatic heterocycles. The Kier molecular flexibility index (Phi) is 3.85. The average molecular weight is 293 g/mol. The minimum absolute atomic E-state index is 0.128. The molecule has 2 heterocycles. The maximum atomic E-state index is 13.3. The van der Waals surface area contributed by atoms with Gasteiger partial charge in [0.2, 0.25) is 0 Å². The Bertz CT molecular complexity index is 534. The van der Waals surface area contributed by atoms with Gasteiger partial charge in [-0.1, -0.05) is 0 Å². The number of benzene rings is 1. The number of rotatable bonds is 4. The summed E-state index contributed by atoms with van der Waals surface area (Å²) in [4.78, 5) is 13.2. The number of halogens is 1. The van der Waals surface area contributed by atoms with Crippen LogP contribution in [-0.2, 0) is 11.3 Å². The number of nitrogens with zero attached hydrogens (tertiary/aromatic N) is 1. The zero-order chi connectivity index (χ0) is 15.0.